The SMILES string of the molecule is CN(C)[C@@H]1COC[C@H]1NC(=O)C1CC(CCc2ccccc2)CCN1. The molecule has 1 amide bonds. The van der Waals surface area contributed by atoms with Gasteiger partial charge in [0.15, 0.2) is 0 Å². The van der Waals surface area contributed by atoms with Crippen LogP contribution in [-0.4, -0.2) is 62.8 Å². The third-order valence-electron chi connectivity index (χ3n) is 5.55. The molecule has 0 radical (unpaired) electrons. The zero-order chi connectivity index (χ0) is 17.6. The molecule has 3 rings (SSSR count). The van der Waals surface area contributed by atoms with Gasteiger partial charge >= 0.3 is 0 Å². The maximum atomic E-state index is 12.7. The Morgan fingerprint density at radius 1 is 1.28 bits per heavy atom. The highest BCUT2D eigenvalue weighted by atomic mass is 16.5. The van der Waals surface area contributed by atoms with Gasteiger partial charge in [0.25, 0.3) is 0 Å². The van der Waals surface area contributed by atoms with Crippen LogP contribution in [0.15, 0.2) is 30.3 Å². The fourth-order valence-corrected chi connectivity index (χ4v) is 3.95. The second kappa shape index (κ2) is 8.79. The lowest BCUT2D eigenvalue weighted by Crippen LogP contribution is -2.55. The quantitative estimate of drug-likeness (QED) is 0.819. The van der Waals surface area contributed by atoms with Gasteiger partial charge in [0.05, 0.1) is 31.3 Å². The molecule has 5 nitrogen and oxygen atoms in total. The maximum Gasteiger partial charge on any atom is 0.237 e. The van der Waals surface area contributed by atoms with Crippen molar-refractivity contribution in [1.82, 2.24) is 15.5 Å². The van der Waals surface area contributed by atoms with E-state index in [9.17, 15) is 4.79 Å². The van der Waals surface area contributed by atoms with Gasteiger partial charge in [0.2, 0.25) is 5.91 Å². The minimum atomic E-state index is -0.0714. The molecule has 5 heteroatoms. The van der Waals surface area contributed by atoms with E-state index in [1.807, 2.05) is 14.1 Å². The van der Waals surface area contributed by atoms with Gasteiger partial charge in [-0.05, 0) is 57.8 Å². The largest absolute Gasteiger partial charge is 0.378 e. The normalized spacial score (nSPS) is 29.7. The molecule has 0 aliphatic carbocycles. The smallest absolute Gasteiger partial charge is 0.237 e. The number of likely N-dealkylation sites (N-methyl/N-ethyl adjacent to an activating group) is 1. The van der Waals surface area contributed by atoms with Gasteiger partial charge in [0.1, 0.15) is 0 Å². The fraction of sp³-hybridized carbons (Fsp3) is 0.650. The van der Waals surface area contributed by atoms with Crippen LogP contribution in [0.1, 0.15) is 24.8 Å². The van der Waals surface area contributed by atoms with Crippen LogP contribution >= 0.6 is 0 Å². The summed E-state index contributed by atoms with van der Waals surface area (Å²) in [4.78, 5) is 14.8. The van der Waals surface area contributed by atoms with Crippen molar-refractivity contribution in [3.8, 4) is 0 Å². The zero-order valence-corrected chi connectivity index (χ0v) is 15.4. The minimum absolute atomic E-state index is 0.0714. The number of rotatable bonds is 6. The number of hydrogen-bond acceptors (Lipinski definition) is 4. The molecule has 0 aromatic heterocycles. The molecule has 0 spiro atoms. The van der Waals surface area contributed by atoms with Gasteiger partial charge in [-0.1, -0.05) is 30.3 Å². The standard InChI is InChI=1S/C20H31N3O2/c1-23(2)19-14-25-13-18(19)22-20(24)17-12-16(10-11-21-17)9-8-15-6-4-3-5-7-15/h3-7,16-19,21H,8-14H2,1-2H3,(H,22,24)/t16?,17?,18-,19-/m1/s1. The average molecular weight is 345 g/mol. The molecular formula is C20H31N3O2. The molecule has 2 N–H and O–H groups in total. The van der Waals surface area contributed by atoms with Gasteiger partial charge in [-0.2, -0.15) is 0 Å². The number of hydrogen-bond donors (Lipinski definition) is 2. The lowest BCUT2D eigenvalue weighted by atomic mass is 9.87. The van der Waals surface area contributed by atoms with Crippen LogP contribution in [0.25, 0.3) is 0 Å². The summed E-state index contributed by atoms with van der Waals surface area (Å²) >= 11 is 0. The molecule has 2 heterocycles. The topological polar surface area (TPSA) is 53.6 Å². The summed E-state index contributed by atoms with van der Waals surface area (Å²) in [7, 11) is 4.08. The summed E-state index contributed by atoms with van der Waals surface area (Å²) in [5.41, 5.74) is 1.39. The van der Waals surface area contributed by atoms with Crippen molar-refractivity contribution in [3.63, 3.8) is 0 Å². The van der Waals surface area contributed by atoms with Gasteiger partial charge in [-0.3, -0.25) is 4.79 Å². The van der Waals surface area contributed by atoms with Crippen molar-refractivity contribution in [2.75, 3.05) is 33.9 Å². The average Bonchev–Trinajstić information content (AvgIpc) is 3.09. The number of benzene rings is 1. The van der Waals surface area contributed by atoms with E-state index in [1.54, 1.807) is 0 Å². The highest BCUT2D eigenvalue weighted by Gasteiger charge is 2.34. The fourth-order valence-electron chi connectivity index (χ4n) is 3.95. The molecule has 2 fully saturated rings. The van der Waals surface area contributed by atoms with Crippen molar-refractivity contribution in [2.24, 2.45) is 5.92 Å². The van der Waals surface area contributed by atoms with E-state index in [1.165, 1.54) is 5.56 Å². The Bertz CT molecular complexity index is 549. The lowest BCUT2D eigenvalue weighted by Gasteiger charge is -2.32. The monoisotopic (exact) mass is 345 g/mol. The highest BCUT2D eigenvalue weighted by Crippen LogP contribution is 2.22. The van der Waals surface area contributed by atoms with Crippen molar-refractivity contribution < 1.29 is 9.53 Å². The number of nitrogens with zero attached hydrogens (tertiary/aromatic N) is 1. The molecule has 1 aromatic carbocycles. The van der Waals surface area contributed by atoms with E-state index in [0.29, 0.717) is 19.1 Å². The highest BCUT2D eigenvalue weighted by molar-refractivity contribution is 5.82. The van der Waals surface area contributed by atoms with Crippen LogP contribution in [0.4, 0.5) is 0 Å². The summed E-state index contributed by atoms with van der Waals surface area (Å²) in [6.07, 6.45) is 4.34. The number of aryl methyl sites for hydroxylation is 1. The summed E-state index contributed by atoms with van der Waals surface area (Å²) in [5, 5.41) is 6.60. The van der Waals surface area contributed by atoms with Crippen molar-refractivity contribution in [1.29, 1.82) is 0 Å². The lowest BCUT2D eigenvalue weighted by molar-refractivity contribution is -0.125. The molecule has 138 valence electrons. The van der Waals surface area contributed by atoms with Crippen LogP contribution in [0, 0.1) is 5.92 Å². The number of nitrogens with one attached hydrogen (secondary N) is 2. The van der Waals surface area contributed by atoms with Crippen LogP contribution in [0.5, 0.6) is 0 Å². The molecule has 25 heavy (non-hydrogen) atoms. The Kier molecular flexibility index (Phi) is 6.45. The molecular weight excluding hydrogens is 314 g/mol. The van der Waals surface area contributed by atoms with Gasteiger partial charge < -0.3 is 20.3 Å². The predicted octanol–water partition coefficient (Wildman–Crippen LogP) is 1.43. The Hall–Kier alpha value is -1.43. The molecule has 2 unspecified atom stereocenters. The number of carbonyl (C=O) groups is 1. The zero-order valence-electron chi connectivity index (χ0n) is 15.4. The Morgan fingerprint density at radius 2 is 2.08 bits per heavy atom. The van der Waals surface area contributed by atoms with Crippen LogP contribution in [-0.2, 0) is 16.0 Å². The molecule has 1 aromatic rings. The predicted molar refractivity (Wildman–Crippen MR) is 99.5 cm³/mol. The van der Waals surface area contributed by atoms with Crippen LogP contribution in [0.2, 0.25) is 0 Å². The van der Waals surface area contributed by atoms with Gasteiger partial charge in [-0.15, -0.1) is 0 Å². The molecule has 2 aliphatic heterocycles. The van der Waals surface area contributed by atoms with E-state index in [4.69, 9.17) is 4.74 Å². The van der Waals surface area contributed by atoms with Crippen molar-refractivity contribution >= 4 is 5.91 Å². The van der Waals surface area contributed by atoms with Crippen LogP contribution in [0.3, 0.4) is 0 Å². The van der Waals surface area contributed by atoms with E-state index in [-0.39, 0.29) is 24.0 Å². The van der Waals surface area contributed by atoms with Gasteiger partial charge in [0, 0.05) is 0 Å². The van der Waals surface area contributed by atoms with Crippen LogP contribution < -0.4 is 10.6 Å². The van der Waals surface area contributed by atoms with E-state index < -0.39 is 0 Å². The molecule has 2 aliphatic rings. The van der Waals surface area contributed by atoms with E-state index in [0.717, 1.165) is 32.2 Å². The third kappa shape index (κ3) is 5.03. The second-order valence-electron chi connectivity index (χ2n) is 7.60. The summed E-state index contributed by atoms with van der Waals surface area (Å²) < 4.78 is 5.55. The number of amides is 1. The molecule has 0 bridgehead atoms. The Morgan fingerprint density at radius 3 is 2.84 bits per heavy atom. The van der Waals surface area contributed by atoms with Crippen molar-refractivity contribution in [3.05, 3.63) is 35.9 Å². The summed E-state index contributed by atoms with van der Waals surface area (Å²) in [5.74, 6) is 0.744. The summed E-state index contributed by atoms with van der Waals surface area (Å²) in [6.45, 7) is 2.23. The number of piperidine rings is 1. The Labute approximate surface area is 151 Å². The molecule has 2 saturated heterocycles. The first-order chi connectivity index (χ1) is 12.1. The molecule has 0 saturated carbocycles. The van der Waals surface area contributed by atoms with E-state index in [2.05, 4.69) is 45.9 Å². The number of carbonyl (C=O) groups excluding carboxylic acids is 1. The Balaban J connectivity index is 1.48. The van der Waals surface area contributed by atoms with Crippen molar-refractivity contribution in [2.45, 2.75) is 43.8 Å². The van der Waals surface area contributed by atoms with E-state index >= 15 is 0 Å². The third-order valence-corrected chi connectivity index (χ3v) is 5.55. The number of ether oxygens (including phenoxy) is 1. The van der Waals surface area contributed by atoms with Gasteiger partial charge in [-0.25, -0.2) is 0 Å². The first kappa shape index (κ1) is 18.4. The maximum absolute atomic E-state index is 12.7. The second-order valence-corrected chi connectivity index (χ2v) is 7.60. The first-order valence-corrected chi connectivity index (χ1v) is 9.45. The minimum Gasteiger partial charge on any atom is -0.378 e. The first-order valence-electron chi connectivity index (χ1n) is 9.45. The molecule has 4 atom stereocenters. The summed E-state index contributed by atoms with van der Waals surface area (Å²) in [6, 6.07) is 10.9.